The molecule has 0 aliphatic carbocycles. The zero-order valence-electron chi connectivity index (χ0n) is 21.3. The van der Waals surface area contributed by atoms with E-state index < -0.39 is 23.8 Å². The molecule has 0 saturated heterocycles. The highest BCUT2D eigenvalue weighted by molar-refractivity contribution is 8.04. The first-order valence-corrected chi connectivity index (χ1v) is 12.6. The number of imide groups is 1. The summed E-state index contributed by atoms with van der Waals surface area (Å²) in [7, 11) is 1.28. The van der Waals surface area contributed by atoms with E-state index in [2.05, 4.69) is 5.32 Å². The highest BCUT2D eigenvalue weighted by atomic mass is 32.2. The molecule has 1 N–H and O–H groups in total. The number of benzene rings is 3. The van der Waals surface area contributed by atoms with E-state index in [0.29, 0.717) is 22.5 Å². The molecule has 9 heteroatoms. The fourth-order valence-corrected chi connectivity index (χ4v) is 4.61. The molecule has 2 amide bonds. The molecule has 0 bridgehead atoms. The van der Waals surface area contributed by atoms with Gasteiger partial charge in [-0.15, -0.1) is 0 Å². The minimum atomic E-state index is -0.564. The molecule has 38 heavy (non-hydrogen) atoms. The van der Waals surface area contributed by atoms with E-state index in [1.54, 1.807) is 38.1 Å². The van der Waals surface area contributed by atoms with E-state index in [4.69, 9.17) is 9.47 Å². The van der Waals surface area contributed by atoms with Gasteiger partial charge in [-0.05, 0) is 75.4 Å². The van der Waals surface area contributed by atoms with E-state index in [-0.39, 0.29) is 16.7 Å². The van der Waals surface area contributed by atoms with Gasteiger partial charge in [0.25, 0.3) is 11.8 Å². The first-order valence-electron chi connectivity index (χ1n) is 11.8. The van der Waals surface area contributed by atoms with Crippen LogP contribution in [0.15, 0.2) is 88.3 Å². The van der Waals surface area contributed by atoms with E-state index in [1.807, 2.05) is 31.2 Å². The molecule has 194 valence electrons. The van der Waals surface area contributed by atoms with Gasteiger partial charge in [-0.3, -0.25) is 9.59 Å². The average molecular weight is 531 g/mol. The van der Waals surface area contributed by atoms with Crippen LogP contribution in [-0.4, -0.2) is 37.0 Å². The van der Waals surface area contributed by atoms with Crippen molar-refractivity contribution < 1.29 is 28.7 Å². The molecule has 0 unspecified atom stereocenters. The number of amides is 2. The third-order valence-electron chi connectivity index (χ3n) is 5.54. The normalized spacial score (nSPS) is 13.2. The molecule has 0 atom stereocenters. The SMILES string of the molecule is COC(=O)c1cccc(NC2=C(Sc3ccc(C)cc3)C(=O)N(c3ccc(C(=O)OC(C)C)cc3)C2=O)c1. The van der Waals surface area contributed by atoms with Crippen molar-refractivity contribution in [3.05, 3.63) is 100 Å². The van der Waals surface area contributed by atoms with Crippen molar-refractivity contribution in [2.75, 3.05) is 17.3 Å². The number of carbonyl (C=O) groups excluding carboxylic acids is 4. The van der Waals surface area contributed by atoms with Gasteiger partial charge in [0.2, 0.25) is 0 Å². The molecule has 0 aromatic heterocycles. The summed E-state index contributed by atoms with van der Waals surface area (Å²) in [4.78, 5) is 53.5. The largest absolute Gasteiger partial charge is 0.465 e. The van der Waals surface area contributed by atoms with Crippen LogP contribution in [0.1, 0.15) is 40.1 Å². The van der Waals surface area contributed by atoms with Gasteiger partial charge >= 0.3 is 11.9 Å². The van der Waals surface area contributed by atoms with Gasteiger partial charge in [-0.1, -0.05) is 35.5 Å². The zero-order valence-corrected chi connectivity index (χ0v) is 22.1. The van der Waals surface area contributed by atoms with Crippen LogP contribution in [0.5, 0.6) is 0 Å². The van der Waals surface area contributed by atoms with Crippen LogP contribution in [0.3, 0.4) is 0 Å². The highest BCUT2D eigenvalue weighted by Gasteiger charge is 2.40. The number of anilines is 2. The molecule has 1 aliphatic heterocycles. The molecule has 3 aromatic carbocycles. The molecular weight excluding hydrogens is 504 g/mol. The van der Waals surface area contributed by atoms with E-state index in [1.165, 1.54) is 43.1 Å². The Labute approximate surface area is 224 Å². The number of nitrogens with one attached hydrogen (secondary N) is 1. The number of ether oxygens (including phenoxy) is 2. The fourth-order valence-electron chi connectivity index (χ4n) is 3.69. The second-order valence-corrected chi connectivity index (χ2v) is 9.85. The number of methoxy groups -OCH3 is 1. The number of hydrogen-bond donors (Lipinski definition) is 1. The second kappa shape index (κ2) is 11.4. The van der Waals surface area contributed by atoms with Gasteiger partial charge in [0.15, 0.2) is 0 Å². The standard InChI is InChI=1S/C29H26N2O6S/c1-17(2)37-29(35)19-10-12-22(13-11-19)31-26(32)24(30-21-7-5-6-20(16-21)28(34)36-4)25(27(31)33)38-23-14-8-18(3)9-15-23/h5-17,30H,1-4H3. The quantitative estimate of drug-likeness (QED) is 0.308. The predicted molar refractivity (Wildman–Crippen MR) is 145 cm³/mol. The lowest BCUT2D eigenvalue weighted by Crippen LogP contribution is -2.32. The summed E-state index contributed by atoms with van der Waals surface area (Å²) in [6.45, 7) is 5.46. The summed E-state index contributed by atoms with van der Waals surface area (Å²) in [6, 6.07) is 20.1. The van der Waals surface area contributed by atoms with Crippen molar-refractivity contribution in [3.63, 3.8) is 0 Å². The Hall–Kier alpha value is -4.37. The highest BCUT2D eigenvalue weighted by Crippen LogP contribution is 2.38. The van der Waals surface area contributed by atoms with Crippen molar-refractivity contribution in [2.24, 2.45) is 0 Å². The third kappa shape index (κ3) is 5.78. The number of rotatable bonds is 8. The van der Waals surface area contributed by atoms with Gasteiger partial charge < -0.3 is 14.8 Å². The summed E-state index contributed by atoms with van der Waals surface area (Å²) < 4.78 is 10.00. The van der Waals surface area contributed by atoms with Crippen molar-refractivity contribution in [2.45, 2.75) is 31.8 Å². The molecular formula is C29H26N2O6S. The Bertz CT molecular complexity index is 1430. The Morgan fingerprint density at radius 3 is 2.18 bits per heavy atom. The molecule has 1 aliphatic rings. The van der Waals surface area contributed by atoms with Crippen LogP contribution >= 0.6 is 11.8 Å². The van der Waals surface area contributed by atoms with Crippen molar-refractivity contribution in [3.8, 4) is 0 Å². The van der Waals surface area contributed by atoms with Gasteiger partial charge in [-0.2, -0.15) is 0 Å². The smallest absolute Gasteiger partial charge is 0.338 e. The maximum absolute atomic E-state index is 13.6. The predicted octanol–water partition coefficient (Wildman–Crippen LogP) is 5.34. The van der Waals surface area contributed by atoms with Gasteiger partial charge in [0, 0.05) is 10.6 Å². The van der Waals surface area contributed by atoms with E-state index in [9.17, 15) is 19.2 Å². The lowest BCUT2D eigenvalue weighted by atomic mass is 10.2. The topological polar surface area (TPSA) is 102 Å². The van der Waals surface area contributed by atoms with E-state index in [0.717, 1.165) is 15.4 Å². The monoisotopic (exact) mass is 530 g/mol. The Kier molecular flexibility index (Phi) is 7.97. The Morgan fingerprint density at radius 1 is 0.868 bits per heavy atom. The van der Waals surface area contributed by atoms with Crippen LogP contribution < -0.4 is 10.2 Å². The summed E-state index contributed by atoms with van der Waals surface area (Å²) in [6.07, 6.45) is -0.277. The summed E-state index contributed by atoms with van der Waals surface area (Å²) in [5, 5.41) is 3.04. The number of carbonyl (C=O) groups is 4. The molecule has 8 nitrogen and oxygen atoms in total. The van der Waals surface area contributed by atoms with Crippen molar-refractivity contribution >= 4 is 46.9 Å². The van der Waals surface area contributed by atoms with Gasteiger partial charge in [0.05, 0.1) is 30.0 Å². The number of nitrogens with zero attached hydrogens (tertiary/aromatic N) is 1. The first kappa shape index (κ1) is 26.7. The molecule has 1 heterocycles. The van der Waals surface area contributed by atoms with E-state index >= 15 is 0 Å². The molecule has 0 fully saturated rings. The van der Waals surface area contributed by atoms with Crippen molar-refractivity contribution in [1.82, 2.24) is 0 Å². The van der Waals surface area contributed by atoms with Crippen LogP contribution in [-0.2, 0) is 19.1 Å². The Balaban J connectivity index is 1.68. The second-order valence-electron chi connectivity index (χ2n) is 8.76. The summed E-state index contributed by atoms with van der Waals surface area (Å²) in [5.41, 5.74) is 2.49. The maximum atomic E-state index is 13.6. The summed E-state index contributed by atoms with van der Waals surface area (Å²) >= 11 is 1.17. The number of hydrogen-bond acceptors (Lipinski definition) is 8. The molecule has 3 aromatic rings. The number of esters is 2. The molecule has 0 radical (unpaired) electrons. The van der Waals surface area contributed by atoms with Crippen LogP contribution in [0.4, 0.5) is 11.4 Å². The van der Waals surface area contributed by atoms with Gasteiger partial charge in [0.1, 0.15) is 10.6 Å². The third-order valence-corrected chi connectivity index (χ3v) is 6.63. The van der Waals surface area contributed by atoms with Crippen LogP contribution in [0.2, 0.25) is 0 Å². The minimum Gasteiger partial charge on any atom is -0.465 e. The number of thioether (sulfide) groups is 1. The zero-order chi connectivity index (χ0) is 27.4. The van der Waals surface area contributed by atoms with Crippen LogP contribution in [0, 0.1) is 6.92 Å². The average Bonchev–Trinajstić information content (AvgIpc) is 3.13. The van der Waals surface area contributed by atoms with Crippen LogP contribution in [0.25, 0.3) is 0 Å². The fraction of sp³-hybridized carbons (Fsp3) is 0.172. The molecule has 4 rings (SSSR count). The minimum absolute atomic E-state index is 0.0749. The lowest BCUT2D eigenvalue weighted by Gasteiger charge is -2.16. The Morgan fingerprint density at radius 2 is 1.55 bits per heavy atom. The van der Waals surface area contributed by atoms with Crippen molar-refractivity contribution in [1.29, 1.82) is 0 Å². The molecule has 0 saturated carbocycles. The lowest BCUT2D eigenvalue weighted by molar-refractivity contribution is -0.120. The number of aryl methyl sites for hydroxylation is 1. The maximum Gasteiger partial charge on any atom is 0.338 e. The molecule has 0 spiro atoms. The first-order chi connectivity index (χ1) is 18.2. The van der Waals surface area contributed by atoms with Gasteiger partial charge in [-0.25, -0.2) is 14.5 Å². The summed E-state index contributed by atoms with van der Waals surface area (Å²) in [5.74, 6) is -2.09.